The number of halogens is 2. The summed E-state index contributed by atoms with van der Waals surface area (Å²) in [7, 11) is 0. The van der Waals surface area contributed by atoms with E-state index in [1.165, 1.54) is 12.1 Å². The van der Waals surface area contributed by atoms with Crippen LogP contribution in [0, 0.1) is 12.7 Å². The average Bonchev–Trinajstić information content (AvgIpc) is 2.34. The number of rotatable bonds is 2. The monoisotopic (exact) mass is 307 g/mol. The highest BCUT2D eigenvalue weighted by Crippen LogP contribution is 2.23. The summed E-state index contributed by atoms with van der Waals surface area (Å²) in [4.78, 5) is 12.3. The number of hydrogen-bond acceptors (Lipinski definition) is 2. The lowest BCUT2D eigenvalue weighted by Crippen LogP contribution is -2.07. The van der Waals surface area contributed by atoms with Gasteiger partial charge in [-0.15, -0.1) is 0 Å². The number of anilines is 1. The average molecular weight is 308 g/mol. The third-order valence-electron chi connectivity index (χ3n) is 2.70. The SMILES string of the molecule is Cc1ccc(F)cc1C(=O)c1cc(Br)ccc1N. The summed E-state index contributed by atoms with van der Waals surface area (Å²) in [6, 6.07) is 9.18. The molecule has 2 aromatic carbocycles. The second-order valence-corrected chi connectivity index (χ2v) is 4.94. The number of carbonyl (C=O) groups excluding carboxylic acids is 1. The Kier molecular flexibility index (Phi) is 3.48. The fourth-order valence-electron chi connectivity index (χ4n) is 1.71. The normalized spacial score (nSPS) is 10.4. The molecule has 0 bridgehead atoms. The Hall–Kier alpha value is -1.68. The van der Waals surface area contributed by atoms with Gasteiger partial charge in [-0.3, -0.25) is 4.79 Å². The Balaban J connectivity index is 2.54. The van der Waals surface area contributed by atoms with E-state index in [4.69, 9.17) is 5.73 Å². The van der Waals surface area contributed by atoms with E-state index < -0.39 is 5.82 Å². The number of nitrogens with two attached hydrogens (primary N) is 1. The molecule has 0 saturated carbocycles. The first-order chi connectivity index (χ1) is 8.49. The summed E-state index contributed by atoms with van der Waals surface area (Å²) < 4.78 is 14.0. The Labute approximate surface area is 113 Å². The molecule has 0 atom stereocenters. The lowest BCUT2D eigenvalue weighted by molar-refractivity contribution is 0.103. The summed E-state index contributed by atoms with van der Waals surface area (Å²) in [5.74, 6) is -0.705. The van der Waals surface area contributed by atoms with Crippen molar-refractivity contribution in [1.29, 1.82) is 0 Å². The highest BCUT2D eigenvalue weighted by atomic mass is 79.9. The maximum absolute atomic E-state index is 13.2. The molecule has 0 aromatic heterocycles. The van der Waals surface area contributed by atoms with Crippen LogP contribution in [0.15, 0.2) is 40.9 Å². The van der Waals surface area contributed by atoms with E-state index in [0.29, 0.717) is 16.8 Å². The Morgan fingerprint density at radius 2 is 1.89 bits per heavy atom. The standard InChI is InChI=1S/C14H11BrFNO/c1-8-2-4-10(16)7-11(8)14(18)12-6-9(15)3-5-13(12)17/h2-7H,17H2,1H3. The zero-order valence-corrected chi connectivity index (χ0v) is 11.3. The summed E-state index contributed by atoms with van der Waals surface area (Å²) >= 11 is 3.29. The minimum atomic E-state index is -0.433. The zero-order chi connectivity index (χ0) is 13.3. The smallest absolute Gasteiger partial charge is 0.195 e. The molecule has 0 radical (unpaired) electrons. The van der Waals surface area contributed by atoms with Crippen molar-refractivity contribution in [2.45, 2.75) is 6.92 Å². The number of ketones is 1. The van der Waals surface area contributed by atoms with Crippen molar-refractivity contribution in [3.8, 4) is 0 Å². The molecule has 4 heteroatoms. The molecular weight excluding hydrogens is 297 g/mol. The number of benzene rings is 2. The van der Waals surface area contributed by atoms with Crippen LogP contribution in [0.4, 0.5) is 10.1 Å². The van der Waals surface area contributed by atoms with Gasteiger partial charge in [-0.1, -0.05) is 22.0 Å². The van der Waals surface area contributed by atoms with Crippen LogP contribution in [-0.4, -0.2) is 5.78 Å². The van der Waals surface area contributed by atoms with Crippen molar-refractivity contribution < 1.29 is 9.18 Å². The quantitative estimate of drug-likeness (QED) is 0.679. The molecule has 0 aliphatic rings. The molecule has 0 unspecified atom stereocenters. The Morgan fingerprint density at radius 1 is 1.17 bits per heavy atom. The van der Waals surface area contributed by atoms with Crippen LogP contribution in [0.3, 0.4) is 0 Å². The molecule has 0 aliphatic carbocycles. The number of carbonyl (C=O) groups is 1. The van der Waals surface area contributed by atoms with E-state index >= 15 is 0 Å². The van der Waals surface area contributed by atoms with Gasteiger partial charge >= 0.3 is 0 Å². The van der Waals surface area contributed by atoms with E-state index in [-0.39, 0.29) is 5.78 Å². The maximum atomic E-state index is 13.2. The minimum absolute atomic E-state index is 0.272. The summed E-state index contributed by atoms with van der Waals surface area (Å²) in [6.45, 7) is 1.76. The molecule has 0 fully saturated rings. The van der Waals surface area contributed by atoms with Gasteiger partial charge in [-0.25, -0.2) is 4.39 Å². The summed E-state index contributed by atoms with van der Waals surface area (Å²) in [5, 5.41) is 0. The van der Waals surface area contributed by atoms with Gasteiger partial charge in [0.25, 0.3) is 0 Å². The molecule has 2 nitrogen and oxygen atoms in total. The first-order valence-electron chi connectivity index (χ1n) is 5.35. The van der Waals surface area contributed by atoms with Gasteiger partial charge in [0.1, 0.15) is 5.82 Å². The van der Waals surface area contributed by atoms with Gasteiger partial charge in [0.2, 0.25) is 0 Å². The van der Waals surface area contributed by atoms with E-state index in [1.807, 2.05) is 0 Å². The van der Waals surface area contributed by atoms with Crippen molar-refractivity contribution in [1.82, 2.24) is 0 Å². The topological polar surface area (TPSA) is 43.1 Å². The fraction of sp³-hybridized carbons (Fsp3) is 0.0714. The largest absolute Gasteiger partial charge is 0.398 e. The van der Waals surface area contributed by atoms with Crippen molar-refractivity contribution in [2.24, 2.45) is 0 Å². The molecule has 2 aromatic rings. The van der Waals surface area contributed by atoms with Crippen molar-refractivity contribution in [3.05, 3.63) is 63.4 Å². The van der Waals surface area contributed by atoms with E-state index in [1.54, 1.807) is 31.2 Å². The highest BCUT2D eigenvalue weighted by Gasteiger charge is 2.15. The van der Waals surface area contributed by atoms with Crippen LogP contribution in [0.1, 0.15) is 21.5 Å². The van der Waals surface area contributed by atoms with Gasteiger partial charge in [0, 0.05) is 21.3 Å². The van der Waals surface area contributed by atoms with Gasteiger partial charge in [0.15, 0.2) is 5.78 Å². The molecule has 2 rings (SSSR count). The molecular formula is C14H11BrFNO. The molecule has 0 spiro atoms. The Morgan fingerprint density at radius 3 is 2.61 bits per heavy atom. The second-order valence-electron chi connectivity index (χ2n) is 4.02. The van der Waals surface area contributed by atoms with E-state index in [2.05, 4.69) is 15.9 Å². The molecule has 0 aliphatic heterocycles. The third-order valence-corrected chi connectivity index (χ3v) is 3.20. The summed E-state index contributed by atoms with van der Waals surface area (Å²) in [5.41, 5.74) is 7.59. The zero-order valence-electron chi connectivity index (χ0n) is 9.71. The van der Waals surface area contributed by atoms with Crippen LogP contribution in [0.2, 0.25) is 0 Å². The first kappa shape index (κ1) is 12.8. The van der Waals surface area contributed by atoms with Crippen molar-refractivity contribution in [3.63, 3.8) is 0 Å². The molecule has 0 saturated heterocycles. The number of hydrogen-bond donors (Lipinski definition) is 1. The predicted molar refractivity (Wildman–Crippen MR) is 73.1 cm³/mol. The number of nitrogen functional groups attached to an aromatic ring is 1. The number of aryl methyl sites for hydroxylation is 1. The molecule has 0 heterocycles. The van der Waals surface area contributed by atoms with E-state index in [9.17, 15) is 9.18 Å². The fourth-order valence-corrected chi connectivity index (χ4v) is 2.07. The highest BCUT2D eigenvalue weighted by molar-refractivity contribution is 9.10. The maximum Gasteiger partial charge on any atom is 0.195 e. The van der Waals surface area contributed by atoms with Gasteiger partial charge in [-0.05, 0) is 42.8 Å². The van der Waals surface area contributed by atoms with E-state index in [0.717, 1.165) is 10.0 Å². The lowest BCUT2D eigenvalue weighted by atomic mass is 9.98. The predicted octanol–water partition coefficient (Wildman–Crippen LogP) is 3.71. The van der Waals surface area contributed by atoms with Gasteiger partial charge < -0.3 is 5.73 Å². The van der Waals surface area contributed by atoms with Crippen LogP contribution < -0.4 is 5.73 Å². The van der Waals surface area contributed by atoms with Gasteiger partial charge in [0.05, 0.1) is 0 Å². The van der Waals surface area contributed by atoms with Crippen molar-refractivity contribution >= 4 is 27.4 Å². The van der Waals surface area contributed by atoms with Gasteiger partial charge in [-0.2, -0.15) is 0 Å². The molecule has 18 heavy (non-hydrogen) atoms. The molecule has 2 N–H and O–H groups in total. The Bertz CT molecular complexity index is 572. The first-order valence-corrected chi connectivity index (χ1v) is 6.14. The van der Waals surface area contributed by atoms with Crippen LogP contribution in [0.25, 0.3) is 0 Å². The molecule has 0 amide bonds. The van der Waals surface area contributed by atoms with Crippen LogP contribution in [0.5, 0.6) is 0 Å². The van der Waals surface area contributed by atoms with Crippen LogP contribution >= 0.6 is 15.9 Å². The van der Waals surface area contributed by atoms with Crippen LogP contribution in [-0.2, 0) is 0 Å². The van der Waals surface area contributed by atoms with Crippen molar-refractivity contribution in [2.75, 3.05) is 5.73 Å². The second kappa shape index (κ2) is 4.90. The minimum Gasteiger partial charge on any atom is -0.398 e. The third kappa shape index (κ3) is 2.43. The lowest BCUT2D eigenvalue weighted by Gasteiger charge is -2.08. The summed E-state index contributed by atoms with van der Waals surface area (Å²) in [6.07, 6.45) is 0. The molecule has 92 valence electrons.